The lowest BCUT2D eigenvalue weighted by Crippen LogP contribution is -2.05. The van der Waals surface area contributed by atoms with Gasteiger partial charge in [0.1, 0.15) is 5.82 Å². The summed E-state index contributed by atoms with van der Waals surface area (Å²) in [4.78, 5) is 24.1. The zero-order valence-electron chi connectivity index (χ0n) is 9.56. The largest absolute Gasteiger partial charge is 0.294 e. The number of benzene rings is 1. The van der Waals surface area contributed by atoms with Crippen molar-refractivity contribution >= 4 is 22.9 Å². The number of rotatable bonds is 5. The van der Waals surface area contributed by atoms with Gasteiger partial charge in [0.2, 0.25) is 0 Å². The Bertz CT molecular complexity index is 561. The first-order valence-corrected chi connectivity index (χ1v) is 6.41. The van der Waals surface area contributed by atoms with Crippen molar-refractivity contribution in [2.45, 2.75) is 12.8 Å². The highest BCUT2D eigenvalue weighted by molar-refractivity contribution is 7.12. The Morgan fingerprint density at radius 3 is 2.39 bits per heavy atom. The molecule has 1 aromatic heterocycles. The third-order valence-electron chi connectivity index (χ3n) is 2.55. The Balaban J connectivity index is 1.97. The molecule has 4 heteroatoms. The molecule has 0 aliphatic heterocycles. The van der Waals surface area contributed by atoms with Gasteiger partial charge in [0, 0.05) is 12.8 Å². The summed E-state index contributed by atoms with van der Waals surface area (Å²) >= 11 is 1.35. The van der Waals surface area contributed by atoms with Crippen molar-refractivity contribution in [3.63, 3.8) is 0 Å². The molecule has 1 heterocycles. The van der Waals surface area contributed by atoms with E-state index < -0.39 is 5.82 Å². The van der Waals surface area contributed by atoms with Crippen molar-refractivity contribution < 1.29 is 14.0 Å². The van der Waals surface area contributed by atoms with Crippen LogP contribution in [0.4, 0.5) is 4.39 Å². The van der Waals surface area contributed by atoms with E-state index in [2.05, 4.69) is 0 Å². The number of carbonyl (C=O) groups excluding carboxylic acids is 2. The number of halogens is 1. The maximum atomic E-state index is 13.3. The minimum Gasteiger partial charge on any atom is -0.294 e. The smallest absolute Gasteiger partial charge is 0.173 e. The summed E-state index contributed by atoms with van der Waals surface area (Å²) in [6.07, 6.45) is 0.158. The molecule has 0 spiro atoms. The van der Waals surface area contributed by atoms with Crippen molar-refractivity contribution in [2.24, 2.45) is 0 Å². The standard InChI is InChI=1S/C14H11FO2S/c15-11-5-2-1-4-10(11)12(16)7-8-13(17)14-6-3-9-18-14/h1-6,9H,7-8H2. The molecule has 0 N–H and O–H groups in total. The van der Waals surface area contributed by atoms with Gasteiger partial charge in [0.25, 0.3) is 0 Å². The quantitative estimate of drug-likeness (QED) is 0.769. The summed E-state index contributed by atoms with van der Waals surface area (Å²) in [6.45, 7) is 0. The first-order chi connectivity index (χ1) is 8.68. The molecule has 0 bridgehead atoms. The van der Waals surface area contributed by atoms with E-state index in [-0.39, 0.29) is 30.0 Å². The lowest BCUT2D eigenvalue weighted by Gasteiger charge is -2.01. The maximum Gasteiger partial charge on any atom is 0.173 e. The van der Waals surface area contributed by atoms with Gasteiger partial charge in [-0.3, -0.25) is 9.59 Å². The van der Waals surface area contributed by atoms with Crippen LogP contribution in [0.3, 0.4) is 0 Å². The summed E-state index contributed by atoms with van der Waals surface area (Å²) in [5.74, 6) is -0.946. The minimum atomic E-state index is -0.536. The molecule has 0 saturated carbocycles. The second-order valence-corrected chi connectivity index (χ2v) is 4.75. The number of thiophene rings is 1. The molecule has 2 aromatic rings. The fourth-order valence-corrected chi connectivity index (χ4v) is 2.30. The third-order valence-corrected chi connectivity index (χ3v) is 3.46. The summed E-state index contributed by atoms with van der Waals surface area (Å²) in [7, 11) is 0. The summed E-state index contributed by atoms with van der Waals surface area (Å²) in [5.41, 5.74) is 0.0523. The fraction of sp³-hybridized carbons (Fsp3) is 0.143. The molecule has 1 aromatic carbocycles. The molecule has 0 saturated heterocycles. The third kappa shape index (κ3) is 2.90. The second-order valence-electron chi connectivity index (χ2n) is 3.80. The van der Waals surface area contributed by atoms with Crippen molar-refractivity contribution in [1.29, 1.82) is 0 Å². The van der Waals surface area contributed by atoms with Crippen molar-refractivity contribution in [3.8, 4) is 0 Å². The molecule has 2 rings (SSSR count). The molecule has 2 nitrogen and oxygen atoms in total. The van der Waals surface area contributed by atoms with Crippen LogP contribution >= 0.6 is 11.3 Å². The molecule has 0 atom stereocenters. The number of carbonyl (C=O) groups is 2. The molecule has 0 amide bonds. The van der Waals surface area contributed by atoms with Crippen LogP contribution in [0.25, 0.3) is 0 Å². The zero-order valence-corrected chi connectivity index (χ0v) is 10.4. The Morgan fingerprint density at radius 1 is 1.00 bits per heavy atom. The Morgan fingerprint density at radius 2 is 1.72 bits per heavy atom. The first kappa shape index (κ1) is 12.6. The van der Waals surface area contributed by atoms with Crippen molar-refractivity contribution in [1.82, 2.24) is 0 Å². The van der Waals surface area contributed by atoms with Crippen molar-refractivity contribution in [2.75, 3.05) is 0 Å². The van der Waals surface area contributed by atoms with E-state index in [4.69, 9.17) is 0 Å². The van der Waals surface area contributed by atoms with Gasteiger partial charge >= 0.3 is 0 Å². The zero-order chi connectivity index (χ0) is 13.0. The van der Waals surface area contributed by atoms with Gasteiger partial charge in [-0.2, -0.15) is 0 Å². The maximum absolute atomic E-state index is 13.3. The van der Waals surface area contributed by atoms with Crippen LogP contribution in [0, 0.1) is 5.82 Å². The van der Waals surface area contributed by atoms with Gasteiger partial charge < -0.3 is 0 Å². The number of hydrogen-bond donors (Lipinski definition) is 0. The van der Waals surface area contributed by atoms with Crippen LogP contribution in [-0.4, -0.2) is 11.6 Å². The minimum absolute atomic E-state index is 0.0394. The van der Waals surface area contributed by atoms with Gasteiger partial charge in [-0.15, -0.1) is 11.3 Å². The van der Waals surface area contributed by atoms with Gasteiger partial charge in [0.05, 0.1) is 10.4 Å². The lowest BCUT2D eigenvalue weighted by atomic mass is 10.0. The van der Waals surface area contributed by atoms with Crippen molar-refractivity contribution in [3.05, 3.63) is 58.0 Å². The van der Waals surface area contributed by atoms with Gasteiger partial charge in [-0.05, 0) is 23.6 Å². The Labute approximate surface area is 108 Å². The highest BCUT2D eigenvalue weighted by Gasteiger charge is 2.14. The van der Waals surface area contributed by atoms with Crippen LogP contribution in [0.1, 0.15) is 32.9 Å². The van der Waals surface area contributed by atoms with Crippen LogP contribution in [0.5, 0.6) is 0 Å². The average Bonchev–Trinajstić information content (AvgIpc) is 2.90. The molecule has 0 aliphatic carbocycles. The monoisotopic (exact) mass is 262 g/mol. The normalized spacial score (nSPS) is 10.3. The average molecular weight is 262 g/mol. The van der Waals surface area contributed by atoms with Gasteiger partial charge in [0.15, 0.2) is 11.6 Å². The number of hydrogen-bond acceptors (Lipinski definition) is 3. The molecule has 0 aliphatic rings. The van der Waals surface area contributed by atoms with E-state index in [9.17, 15) is 14.0 Å². The van der Waals surface area contributed by atoms with Gasteiger partial charge in [-0.1, -0.05) is 18.2 Å². The highest BCUT2D eigenvalue weighted by Crippen LogP contribution is 2.15. The molecule has 18 heavy (non-hydrogen) atoms. The predicted octanol–water partition coefficient (Wildman–Crippen LogP) is 3.73. The van der Waals surface area contributed by atoms with E-state index in [1.165, 1.54) is 29.5 Å². The predicted molar refractivity (Wildman–Crippen MR) is 68.6 cm³/mol. The molecular formula is C14H11FO2S. The first-order valence-electron chi connectivity index (χ1n) is 5.53. The molecule has 0 radical (unpaired) electrons. The van der Waals surface area contributed by atoms with Gasteiger partial charge in [-0.25, -0.2) is 4.39 Å². The number of ketones is 2. The molecule has 0 fully saturated rings. The Kier molecular flexibility index (Phi) is 3.99. The topological polar surface area (TPSA) is 34.1 Å². The summed E-state index contributed by atoms with van der Waals surface area (Å²) < 4.78 is 13.3. The Hall–Kier alpha value is -1.81. The summed E-state index contributed by atoms with van der Waals surface area (Å²) in [6, 6.07) is 9.33. The lowest BCUT2D eigenvalue weighted by molar-refractivity contribution is 0.0917. The van der Waals surface area contributed by atoms with E-state index >= 15 is 0 Å². The van der Waals surface area contributed by atoms with Crippen LogP contribution in [0.2, 0.25) is 0 Å². The van der Waals surface area contributed by atoms with E-state index in [1.54, 1.807) is 18.2 Å². The second kappa shape index (κ2) is 5.69. The van der Waals surface area contributed by atoms with E-state index in [0.29, 0.717) is 4.88 Å². The van der Waals surface area contributed by atoms with E-state index in [1.807, 2.05) is 5.38 Å². The molecular weight excluding hydrogens is 251 g/mol. The fourth-order valence-electron chi connectivity index (χ4n) is 1.61. The molecule has 0 unspecified atom stereocenters. The van der Waals surface area contributed by atoms with Crippen LogP contribution in [0.15, 0.2) is 41.8 Å². The van der Waals surface area contributed by atoms with Crippen LogP contribution < -0.4 is 0 Å². The SMILES string of the molecule is O=C(CCC(=O)c1ccccc1F)c1cccs1. The highest BCUT2D eigenvalue weighted by atomic mass is 32.1. The summed E-state index contributed by atoms with van der Waals surface area (Å²) in [5, 5.41) is 1.81. The van der Waals surface area contributed by atoms with E-state index in [0.717, 1.165) is 0 Å². The number of Topliss-reactive ketones (excluding diaryl/α,β-unsaturated/α-hetero) is 2. The van der Waals surface area contributed by atoms with Crippen LogP contribution in [-0.2, 0) is 0 Å². The molecule has 92 valence electrons.